The zero-order valence-corrected chi connectivity index (χ0v) is 13.3. The van der Waals surface area contributed by atoms with Gasteiger partial charge >= 0.3 is 0 Å². The van der Waals surface area contributed by atoms with Crippen molar-refractivity contribution in [3.63, 3.8) is 0 Å². The van der Waals surface area contributed by atoms with Gasteiger partial charge in [-0.25, -0.2) is 4.98 Å². The normalized spacial score (nSPS) is 14.8. The summed E-state index contributed by atoms with van der Waals surface area (Å²) in [5.74, 6) is 0. The summed E-state index contributed by atoms with van der Waals surface area (Å²) in [5.41, 5.74) is 0. The molecule has 1 heterocycles. The van der Waals surface area contributed by atoms with Crippen LogP contribution in [0.4, 0.5) is 0 Å². The lowest BCUT2D eigenvalue weighted by atomic mass is 10.2. The molecule has 0 radical (unpaired) electrons. The smallest absolute Gasteiger partial charge is 0.109 e. The Morgan fingerprint density at radius 2 is 2.05 bits per heavy atom. The van der Waals surface area contributed by atoms with Gasteiger partial charge in [0.25, 0.3) is 0 Å². The van der Waals surface area contributed by atoms with E-state index in [9.17, 15) is 5.11 Å². The molecule has 0 amide bonds. The Labute approximate surface area is 120 Å². The van der Waals surface area contributed by atoms with Crippen LogP contribution in [0, 0.1) is 0 Å². The highest BCUT2D eigenvalue weighted by molar-refractivity contribution is 7.11. The second-order valence-corrected chi connectivity index (χ2v) is 5.93. The number of thiazole rings is 1. The summed E-state index contributed by atoms with van der Waals surface area (Å²) in [5, 5.41) is 14.5. The van der Waals surface area contributed by atoms with Crippen molar-refractivity contribution < 1.29 is 5.11 Å². The first-order chi connectivity index (χ1) is 9.10. The Balaban J connectivity index is 2.34. The number of hydrogen-bond donors (Lipinski definition) is 2. The molecule has 0 aliphatic heterocycles. The molecule has 0 aliphatic rings. The Morgan fingerprint density at radius 1 is 1.37 bits per heavy atom. The van der Waals surface area contributed by atoms with E-state index in [1.54, 1.807) is 11.3 Å². The van der Waals surface area contributed by atoms with Crippen molar-refractivity contribution in [1.82, 2.24) is 15.2 Å². The molecule has 2 atom stereocenters. The lowest BCUT2D eigenvalue weighted by Gasteiger charge is -2.23. The summed E-state index contributed by atoms with van der Waals surface area (Å²) in [7, 11) is 0. The number of aliphatic hydroxyl groups is 1. The molecule has 1 rings (SSSR count). The van der Waals surface area contributed by atoms with E-state index in [1.165, 1.54) is 4.88 Å². The van der Waals surface area contributed by atoms with Crippen LogP contribution in [-0.2, 0) is 6.42 Å². The molecular formula is C14H27N3OS. The van der Waals surface area contributed by atoms with Gasteiger partial charge in [0.2, 0.25) is 0 Å². The number of aromatic nitrogens is 1. The molecule has 1 aromatic rings. The minimum Gasteiger partial charge on any atom is -0.390 e. The molecule has 4 nitrogen and oxygen atoms in total. The van der Waals surface area contributed by atoms with E-state index in [4.69, 9.17) is 0 Å². The predicted molar refractivity (Wildman–Crippen MR) is 81.7 cm³/mol. The van der Waals surface area contributed by atoms with E-state index in [2.05, 4.69) is 42.9 Å². The molecule has 0 aliphatic carbocycles. The van der Waals surface area contributed by atoms with Gasteiger partial charge in [0.15, 0.2) is 0 Å². The van der Waals surface area contributed by atoms with Crippen molar-refractivity contribution in [1.29, 1.82) is 0 Å². The minimum atomic E-state index is -0.326. The summed E-state index contributed by atoms with van der Waals surface area (Å²) in [6.45, 7) is 11.8. The average Bonchev–Trinajstić information content (AvgIpc) is 2.91. The van der Waals surface area contributed by atoms with Gasteiger partial charge in [-0.05, 0) is 26.4 Å². The topological polar surface area (TPSA) is 48.4 Å². The maximum absolute atomic E-state index is 10.0. The van der Waals surface area contributed by atoms with Crippen LogP contribution in [-0.4, -0.2) is 47.3 Å². The highest BCUT2D eigenvalue weighted by Gasteiger charge is 2.13. The second kappa shape index (κ2) is 8.64. The van der Waals surface area contributed by atoms with Gasteiger partial charge < -0.3 is 15.3 Å². The molecule has 0 spiro atoms. The number of likely N-dealkylation sites (N-methyl/N-ethyl adjacent to an activating group) is 1. The maximum atomic E-state index is 10.0. The van der Waals surface area contributed by atoms with E-state index < -0.39 is 0 Å². The van der Waals surface area contributed by atoms with Gasteiger partial charge in [0.1, 0.15) is 5.01 Å². The maximum Gasteiger partial charge on any atom is 0.109 e. The highest BCUT2D eigenvalue weighted by Crippen LogP contribution is 2.19. The third kappa shape index (κ3) is 5.57. The lowest BCUT2D eigenvalue weighted by Crippen LogP contribution is -2.38. The number of rotatable bonds is 9. The van der Waals surface area contributed by atoms with Gasteiger partial charge in [0, 0.05) is 24.2 Å². The fourth-order valence-electron chi connectivity index (χ4n) is 1.93. The number of nitrogens with one attached hydrogen (secondary N) is 1. The van der Waals surface area contributed by atoms with Gasteiger partial charge in [-0.1, -0.05) is 20.8 Å². The molecular weight excluding hydrogens is 258 g/mol. The summed E-state index contributed by atoms with van der Waals surface area (Å²) < 4.78 is 0. The highest BCUT2D eigenvalue weighted by atomic mass is 32.1. The Kier molecular flexibility index (Phi) is 7.53. The van der Waals surface area contributed by atoms with Crippen LogP contribution in [0.2, 0.25) is 0 Å². The zero-order valence-electron chi connectivity index (χ0n) is 12.5. The van der Waals surface area contributed by atoms with Gasteiger partial charge in [-0.3, -0.25) is 0 Å². The molecule has 0 saturated carbocycles. The van der Waals surface area contributed by atoms with Crippen molar-refractivity contribution in [3.05, 3.63) is 16.1 Å². The quantitative estimate of drug-likeness (QED) is 0.729. The summed E-state index contributed by atoms with van der Waals surface area (Å²) in [6.07, 6.45) is 2.66. The standard InChI is InChI=1S/C14H27N3OS/c1-5-13-9-16-14(19-13)11(4)15-8-12(18)10-17(6-2)7-3/h9,11-12,15,18H,5-8,10H2,1-4H3. The third-order valence-corrected chi connectivity index (χ3v) is 4.64. The van der Waals surface area contributed by atoms with Crippen molar-refractivity contribution in [2.45, 2.75) is 46.3 Å². The molecule has 1 aromatic heterocycles. The van der Waals surface area contributed by atoms with Gasteiger partial charge in [0.05, 0.1) is 12.1 Å². The van der Waals surface area contributed by atoms with Crippen LogP contribution in [0.5, 0.6) is 0 Å². The Morgan fingerprint density at radius 3 is 2.58 bits per heavy atom. The van der Waals surface area contributed by atoms with Crippen LogP contribution in [0.1, 0.15) is 43.6 Å². The van der Waals surface area contributed by atoms with Gasteiger partial charge in [-0.2, -0.15) is 0 Å². The largest absolute Gasteiger partial charge is 0.390 e. The number of aliphatic hydroxyl groups excluding tert-OH is 1. The van der Waals surface area contributed by atoms with Crippen LogP contribution < -0.4 is 5.32 Å². The first kappa shape index (κ1) is 16.6. The van der Waals surface area contributed by atoms with Crippen LogP contribution in [0.3, 0.4) is 0 Å². The van der Waals surface area contributed by atoms with E-state index in [1.807, 2.05) is 6.20 Å². The average molecular weight is 285 g/mol. The van der Waals surface area contributed by atoms with Crippen LogP contribution in [0.25, 0.3) is 0 Å². The van der Waals surface area contributed by atoms with Crippen molar-refractivity contribution in [2.24, 2.45) is 0 Å². The van der Waals surface area contributed by atoms with E-state index in [-0.39, 0.29) is 12.1 Å². The molecule has 0 fully saturated rings. The predicted octanol–water partition coefficient (Wildman–Crippen LogP) is 2.06. The Bertz CT molecular complexity index is 352. The van der Waals surface area contributed by atoms with Crippen molar-refractivity contribution in [3.8, 4) is 0 Å². The van der Waals surface area contributed by atoms with Crippen molar-refractivity contribution in [2.75, 3.05) is 26.2 Å². The summed E-state index contributed by atoms with van der Waals surface area (Å²) in [6, 6.07) is 0.205. The van der Waals surface area contributed by atoms with E-state index in [0.717, 1.165) is 31.1 Å². The Hall–Kier alpha value is -0.490. The van der Waals surface area contributed by atoms with Gasteiger partial charge in [-0.15, -0.1) is 11.3 Å². The molecule has 0 saturated heterocycles. The molecule has 2 N–H and O–H groups in total. The fraction of sp³-hybridized carbons (Fsp3) is 0.786. The van der Waals surface area contributed by atoms with Crippen LogP contribution in [0.15, 0.2) is 6.20 Å². The number of hydrogen-bond acceptors (Lipinski definition) is 5. The SMILES string of the molecule is CCc1cnc(C(C)NCC(O)CN(CC)CC)s1. The second-order valence-electron chi connectivity index (χ2n) is 4.79. The first-order valence-electron chi connectivity index (χ1n) is 7.19. The monoisotopic (exact) mass is 285 g/mol. The third-order valence-electron chi connectivity index (χ3n) is 3.31. The molecule has 0 aromatic carbocycles. The molecule has 2 unspecified atom stereocenters. The van der Waals surface area contributed by atoms with E-state index >= 15 is 0 Å². The summed E-state index contributed by atoms with van der Waals surface area (Å²) >= 11 is 1.75. The number of aryl methyl sites for hydroxylation is 1. The molecule has 0 bridgehead atoms. The zero-order chi connectivity index (χ0) is 14.3. The van der Waals surface area contributed by atoms with E-state index in [0.29, 0.717) is 6.54 Å². The van der Waals surface area contributed by atoms with Crippen LogP contribution >= 0.6 is 11.3 Å². The lowest BCUT2D eigenvalue weighted by molar-refractivity contribution is 0.114. The molecule has 19 heavy (non-hydrogen) atoms. The fourth-order valence-corrected chi connectivity index (χ4v) is 2.81. The minimum absolute atomic E-state index is 0.205. The summed E-state index contributed by atoms with van der Waals surface area (Å²) in [4.78, 5) is 7.97. The molecule has 5 heteroatoms. The number of nitrogens with zero attached hydrogens (tertiary/aromatic N) is 2. The molecule has 110 valence electrons. The first-order valence-corrected chi connectivity index (χ1v) is 8.00. The van der Waals surface area contributed by atoms with Crippen molar-refractivity contribution >= 4 is 11.3 Å².